The van der Waals surface area contributed by atoms with Crippen molar-refractivity contribution in [1.82, 2.24) is 14.6 Å². The van der Waals surface area contributed by atoms with E-state index in [0.29, 0.717) is 25.2 Å². The summed E-state index contributed by atoms with van der Waals surface area (Å²) < 4.78 is 28.1. The maximum absolute atomic E-state index is 13.3. The number of aromatic amines is 1. The molecule has 1 aromatic heterocycles. The van der Waals surface area contributed by atoms with Crippen molar-refractivity contribution in [3.8, 4) is 0 Å². The number of amides is 1. The SMILES string of the molecule is C[C@@H]1C[C@H](C)CN(S(=O)(=O)c2ccc3[nH]cc(C(=O)NCCC4=CCCCC4)c(=O)c3c2)C1. The van der Waals surface area contributed by atoms with Gasteiger partial charge in [-0.1, -0.05) is 25.5 Å². The predicted octanol–water partition coefficient (Wildman–Crippen LogP) is 3.82. The normalized spacial score (nSPS) is 22.2. The van der Waals surface area contributed by atoms with E-state index in [0.717, 1.165) is 25.7 Å². The molecule has 0 radical (unpaired) electrons. The van der Waals surface area contributed by atoms with Gasteiger partial charge in [0.05, 0.1) is 4.90 Å². The summed E-state index contributed by atoms with van der Waals surface area (Å²) >= 11 is 0. The second kappa shape index (κ2) is 9.81. The molecule has 4 rings (SSSR count). The quantitative estimate of drug-likeness (QED) is 0.626. The molecule has 0 unspecified atom stereocenters. The Bertz CT molecular complexity index is 1220. The molecule has 7 nitrogen and oxygen atoms in total. The van der Waals surface area contributed by atoms with Crippen molar-refractivity contribution in [3.63, 3.8) is 0 Å². The smallest absolute Gasteiger partial charge is 0.256 e. The van der Waals surface area contributed by atoms with Crippen LogP contribution < -0.4 is 10.7 Å². The van der Waals surface area contributed by atoms with E-state index in [1.807, 2.05) is 0 Å². The summed E-state index contributed by atoms with van der Waals surface area (Å²) in [7, 11) is -3.72. The molecule has 2 atom stereocenters. The standard InChI is InChI=1S/C25H33N3O4S/c1-17-12-18(2)16-28(15-17)33(31,32)20-8-9-23-21(13-20)24(29)22(14-27-23)25(30)26-11-10-19-6-4-3-5-7-19/h6,8-9,13-14,17-18H,3-5,7,10-12,15-16H2,1-2H3,(H,26,30)(H,27,29)/t17-,18+. The van der Waals surface area contributed by atoms with Crippen molar-refractivity contribution in [1.29, 1.82) is 0 Å². The average Bonchev–Trinajstić information content (AvgIpc) is 2.79. The highest BCUT2D eigenvalue weighted by atomic mass is 32.2. The van der Waals surface area contributed by atoms with E-state index in [-0.39, 0.29) is 27.7 Å². The van der Waals surface area contributed by atoms with E-state index in [2.05, 4.69) is 30.2 Å². The number of carbonyl (C=O) groups excluding carboxylic acids is 1. The van der Waals surface area contributed by atoms with E-state index in [1.165, 1.54) is 41.0 Å². The Morgan fingerprint density at radius 2 is 1.94 bits per heavy atom. The van der Waals surface area contributed by atoms with Crippen LogP contribution in [0.5, 0.6) is 0 Å². The number of hydrogen-bond acceptors (Lipinski definition) is 4. The largest absolute Gasteiger partial charge is 0.360 e. The van der Waals surface area contributed by atoms with Crippen molar-refractivity contribution in [2.45, 2.75) is 57.3 Å². The lowest BCUT2D eigenvalue weighted by molar-refractivity contribution is 0.0953. The van der Waals surface area contributed by atoms with Gasteiger partial charge in [0.1, 0.15) is 5.56 Å². The van der Waals surface area contributed by atoms with Crippen molar-refractivity contribution in [3.05, 3.63) is 51.8 Å². The summed E-state index contributed by atoms with van der Waals surface area (Å²) in [6.45, 7) is 5.53. The van der Waals surface area contributed by atoms with E-state index in [4.69, 9.17) is 0 Å². The first-order valence-corrected chi connectivity index (χ1v) is 13.3. The van der Waals surface area contributed by atoms with Gasteiger partial charge in [-0.05, 0) is 68.6 Å². The number of fused-ring (bicyclic) bond motifs is 1. The lowest BCUT2D eigenvalue weighted by Crippen LogP contribution is -2.42. The number of benzene rings is 1. The predicted molar refractivity (Wildman–Crippen MR) is 130 cm³/mol. The first-order valence-electron chi connectivity index (χ1n) is 11.9. The van der Waals surface area contributed by atoms with Gasteiger partial charge in [0.15, 0.2) is 0 Å². The summed E-state index contributed by atoms with van der Waals surface area (Å²) in [5.41, 5.74) is 1.39. The molecule has 1 aliphatic heterocycles. The number of nitrogens with zero attached hydrogens (tertiary/aromatic N) is 1. The number of nitrogens with one attached hydrogen (secondary N) is 2. The lowest BCUT2D eigenvalue weighted by atomic mass is 9.94. The molecule has 2 N–H and O–H groups in total. The Morgan fingerprint density at radius 1 is 1.18 bits per heavy atom. The number of carbonyl (C=O) groups is 1. The van der Waals surface area contributed by atoms with Crippen molar-refractivity contribution < 1.29 is 13.2 Å². The van der Waals surface area contributed by atoms with Crippen LogP contribution in [-0.2, 0) is 10.0 Å². The van der Waals surface area contributed by atoms with E-state index in [9.17, 15) is 18.0 Å². The maximum Gasteiger partial charge on any atom is 0.256 e. The van der Waals surface area contributed by atoms with Crippen LogP contribution in [0.3, 0.4) is 0 Å². The van der Waals surface area contributed by atoms with E-state index >= 15 is 0 Å². The Balaban J connectivity index is 1.56. The number of allylic oxidation sites excluding steroid dienone is 1. The van der Waals surface area contributed by atoms with E-state index in [1.54, 1.807) is 6.07 Å². The molecule has 2 aliphatic rings. The number of rotatable bonds is 6. The fourth-order valence-corrected chi connectivity index (χ4v) is 6.75. The second-order valence-corrected chi connectivity index (χ2v) is 11.6. The fraction of sp³-hybridized carbons (Fsp3) is 0.520. The Labute approximate surface area is 195 Å². The Hall–Kier alpha value is -2.45. The minimum Gasteiger partial charge on any atom is -0.360 e. The molecular formula is C25H33N3O4S. The second-order valence-electron chi connectivity index (χ2n) is 9.62. The van der Waals surface area contributed by atoms with E-state index < -0.39 is 21.4 Å². The number of piperidine rings is 1. The summed E-state index contributed by atoms with van der Waals surface area (Å²) in [6, 6.07) is 4.52. The summed E-state index contributed by atoms with van der Waals surface area (Å²) in [5.74, 6) is 0.126. The first kappa shape index (κ1) is 23.7. The summed E-state index contributed by atoms with van der Waals surface area (Å²) in [4.78, 5) is 28.8. The molecule has 1 saturated heterocycles. The molecule has 1 amide bonds. The van der Waals surface area contributed by atoms with Gasteiger partial charge in [0, 0.05) is 36.7 Å². The molecule has 1 aromatic carbocycles. The first-order chi connectivity index (χ1) is 15.8. The highest BCUT2D eigenvalue weighted by molar-refractivity contribution is 7.89. The molecule has 178 valence electrons. The molecular weight excluding hydrogens is 438 g/mol. The highest BCUT2D eigenvalue weighted by Crippen LogP contribution is 2.27. The van der Waals surface area contributed by atoms with Gasteiger partial charge in [-0.15, -0.1) is 0 Å². The molecule has 2 aromatic rings. The Kier molecular flexibility index (Phi) is 7.05. The zero-order valence-electron chi connectivity index (χ0n) is 19.4. The highest BCUT2D eigenvalue weighted by Gasteiger charge is 2.32. The van der Waals surface area contributed by atoms with Crippen LogP contribution in [0.25, 0.3) is 10.9 Å². The number of H-pyrrole nitrogens is 1. The van der Waals surface area contributed by atoms with Gasteiger partial charge < -0.3 is 10.3 Å². The molecule has 2 heterocycles. The third-order valence-electron chi connectivity index (χ3n) is 6.69. The van der Waals surface area contributed by atoms with Crippen molar-refractivity contribution in [2.24, 2.45) is 11.8 Å². The van der Waals surface area contributed by atoms with Gasteiger partial charge in [0.2, 0.25) is 15.5 Å². The topological polar surface area (TPSA) is 99.3 Å². The van der Waals surface area contributed by atoms with Gasteiger partial charge in [-0.3, -0.25) is 9.59 Å². The number of pyridine rings is 1. The number of sulfonamides is 1. The minimum atomic E-state index is -3.72. The van der Waals surface area contributed by atoms with Crippen LogP contribution in [0.4, 0.5) is 0 Å². The van der Waals surface area contributed by atoms with Gasteiger partial charge >= 0.3 is 0 Å². The van der Waals surface area contributed by atoms with Crippen LogP contribution >= 0.6 is 0 Å². The third kappa shape index (κ3) is 5.22. The van der Waals surface area contributed by atoms with Crippen LogP contribution in [-0.4, -0.2) is 43.2 Å². The van der Waals surface area contributed by atoms with Gasteiger partial charge in [0.25, 0.3) is 5.91 Å². The Morgan fingerprint density at radius 3 is 2.64 bits per heavy atom. The molecule has 0 bridgehead atoms. The summed E-state index contributed by atoms with van der Waals surface area (Å²) in [6.07, 6.45) is 9.99. The third-order valence-corrected chi connectivity index (χ3v) is 8.51. The van der Waals surface area contributed by atoms with Crippen LogP contribution in [0.15, 0.2) is 45.7 Å². The molecule has 33 heavy (non-hydrogen) atoms. The molecule has 0 saturated carbocycles. The minimum absolute atomic E-state index is 0.00473. The average molecular weight is 472 g/mol. The monoisotopic (exact) mass is 471 g/mol. The molecule has 1 aliphatic carbocycles. The zero-order chi connectivity index (χ0) is 23.6. The molecule has 8 heteroatoms. The zero-order valence-corrected chi connectivity index (χ0v) is 20.2. The number of aromatic nitrogens is 1. The fourth-order valence-electron chi connectivity index (χ4n) is 5.04. The molecule has 1 fully saturated rings. The van der Waals surface area contributed by atoms with Crippen LogP contribution in [0, 0.1) is 11.8 Å². The molecule has 0 spiro atoms. The van der Waals surface area contributed by atoms with Gasteiger partial charge in [-0.25, -0.2) is 8.42 Å². The van der Waals surface area contributed by atoms with Gasteiger partial charge in [-0.2, -0.15) is 4.31 Å². The van der Waals surface area contributed by atoms with Crippen molar-refractivity contribution in [2.75, 3.05) is 19.6 Å². The summed E-state index contributed by atoms with van der Waals surface area (Å²) in [5, 5.41) is 3.04. The number of hydrogen-bond donors (Lipinski definition) is 2. The van der Waals surface area contributed by atoms with Crippen molar-refractivity contribution >= 4 is 26.8 Å². The lowest BCUT2D eigenvalue weighted by Gasteiger charge is -2.34. The maximum atomic E-state index is 13.3. The van der Waals surface area contributed by atoms with Crippen LogP contribution in [0.1, 0.15) is 62.7 Å². The van der Waals surface area contributed by atoms with Crippen LogP contribution in [0.2, 0.25) is 0 Å².